The Morgan fingerprint density at radius 1 is 1.15 bits per heavy atom. The number of ether oxygens (including phenoxy) is 4. The first-order valence-corrected chi connectivity index (χ1v) is 9.01. The molecule has 6 nitrogen and oxygen atoms in total. The Morgan fingerprint density at radius 3 is 2.70 bits per heavy atom. The third-order valence-corrected chi connectivity index (χ3v) is 4.79. The molecule has 0 radical (unpaired) electrons. The Balaban J connectivity index is 1.54. The van der Waals surface area contributed by atoms with Crippen LogP contribution in [-0.4, -0.2) is 31.3 Å². The quantitative estimate of drug-likeness (QED) is 0.900. The Morgan fingerprint density at radius 2 is 1.93 bits per heavy atom. The molecule has 2 atom stereocenters. The van der Waals surface area contributed by atoms with Gasteiger partial charge < -0.3 is 24.3 Å². The van der Waals surface area contributed by atoms with E-state index in [0.29, 0.717) is 17.9 Å². The molecule has 2 aliphatic rings. The standard InChI is InChI=1S/C21H23NO5/c1-21(2)11-15(14-10-13(24-3)8-9-16(14)27-21)22-20(23)19-12-25-17-6-4-5-7-18(17)26-19/h4-10,15,19H,11-12H2,1-3H3,(H,22,23)/t15-,19-/m0/s1. The molecule has 2 aromatic carbocycles. The second-order valence-electron chi connectivity index (χ2n) is 7.40. The molecule has 0 fully saturated rings. The van der Waals surface area contributed by atoms with Crippen molar-refractivity contribution in [3.8, 4) is 23.0 Å². The van der Waals surface area contributed by atoms with Gasteiger partial charge in [-0.15, -0.1) is 0 Å². The number of carbonyl (C=O) groups excluding carboxylic acids is 1. The smallest absolute Gasteiger partial charge is 0.265 e. The lowest BCUT2D eigenvalue weighted by molar-refractivity contribution is -0.131. The fourth-order valence-electron chi connectivity index (χ4n) is 3.50. The van der Waals surface area contributed by atoms with Crippen LogP contribution in [0.5, 0.6) is 23.0 Å². The van der Waals surface area contributed by atoms with Gasteiger partial charge in [0.05, 0.1) is 13.2 Å². The minimum atomic E-state index is -0.695. The fourth-order valence-corrected chi connectivity index (χ4v) is 3.50. The van der Waals surface area contributed by atoms with Crippen LogP contribution in [0.4, 0.5) is 0 Å². The molecule has 6 heteroatoms. The predicted molar refractivity (Wildman–Crippen MR) is 99.6 cm³/mol. The minimum Gasteiger partial charge on any atom is -0.497 e. The average Bonchev–Trinajstić information content (AvgIpc) is 2.66. The van der Waals surface area contributed by atoms with Crippen molar-refractivity contribution in [1.82, 2.24) is 5.32 Å². The summed E-state index contributed by atoms with van der Waals surface area (Å²) < 4.78 is 22.9. The van der Waals surface area contributed by atoms with Gasteiger partial charge >= 0.3 is 0 Å². The van der Waals surface area contributed by atoms with Crippen molar-refractivity contribution in [3.05, 3.63) is 48.0 Å². The average molecular weight is 369 g/mol. The van der Waals surface area contributed by atoms with Crippen LogP contribution in [0.25, 0.3) is 0 Å². The Kier molecular flexibility index (Phi) is 4.34. The first kappa shape index (κ1) is 17.5. The molecule has 2 heterocycles. The van der Waals surface area contributed by atoms with Crippen LogP contribution in [0.1, 0.15) is 31.9 Å². The van der Waals surface area contributed by atoms with Crippen LogP contribution in [0, 0.1) is 0 Å². The van der Waals surface area contributed by atoms with Gasteiger partial charge in [-0.1, -0.05) is 12.1 Å². The van der Waals surface area contributed by atoms with E-state index in [0.717, 1.165) is 17.1 Å². The van der Waals surface area contributed by atoms with Crippen LogP contribution >= 0.6 is 0 Å². The number of methoxy groups -OCH3 is 1. The summed E-state index contributed by atoms with van der Waals surface area (Å²) in [5.74, 6) is 2.51. The molecule has 1 amide bonds. The van der Waals surface area contributed by atoms with Gasteiger partial charge in [0.1, 0.15) is 23.7 Å². The molecular weight excluding hydrogens is 346 g/mol. The van der Waals surface area contributed by atoms with Crippen LogP contribution in [0.2, 0.25) is 0 Å². The Bertz CT molecular complexity index is 863. The molecule has 1 N–H and O–H groups in total. The van der Waals surface area contributed by atoms with Crippen LogP contribution in [0.15, 0.2) is 42.5 Å². The highest BCUT2D eigenvalue weighted by atomic mass is 16.6. The number of para-hydroxylation sites is 2. The zero-order valence-electron chi connectivity index (χ0n) is 15.7. The van der Waals surface area contributed by atoms with Crippen LogP contribution in [-0.2, 0) is 4.79 Å². The lowest BCUT2D eigenvalue weighted by Crippen LogP contribution is -2.48. The number of rotatable bonds is 3. The lowest BCUT2D eigenvalue weighted by atomic mass is 9.89. The molecule has 0 aromatic heterocycles. The normalized spacial score (nSPS) is 22.2. The van der Waals surface area contributed by atoms with Crippen LogP contribution < -0.4 is 24.3 Å². The Hall–Kier alpha value is -2.89. The number of benzene rings is 2. The summed E-state index contributed by atoms with van der Waals surface area (Å²) in [6, 6.07) is 12.8. The van der Waals surface area contributed by atoms with E-state index in [-0.39, 0.29) is 18.6 Å². The minimum absolute atomic E-state index is 0.181. The van der Waals surface area contributed by atoms with E-state index in [1.165, 1.54) is 0 Å². The second-order valence-corrected chi connectivity index (χ2v) is 7.40. The molecule has 27 heavy (non-hydrogen) atoms. The number of nitrogens with one attached hydrogen (secondary N) is 1. The van der Waals surface area contributed by atoms with E-state index in [1.54, 1.807) is 13.2 Å². The van der Waals surface area contributed by atoms with Gasteiger partial charge in [-0.2, -0.15) is 0 Å². The highest BCUT2D eigenvalue weighted by Gasteiger charge is 2.37. The SMILES string of the molecule is COc1ccc2c(c1)[C@@H](NC(=O)[C@@H]1COc3ccccc3O1)CC(C)(C)O2. The first-order chi connectivity index (χ1) is 12.9. The van der Waals surface area contributed by atoms with E-state index in [2.05, 4.69) is 5.32 Å². The molecule has 4 rings (SSSR count). The van der Waals surface area contributed by atoms with Crippen LogP contribution in [0.3, 0.4) is 0 Å². The summed E-state index contributed by atoms with van der Waals surface area (Å²) in [5, 5.41) is 3.10. The largest absolute Gasteiger partial charge is 0.497 e. The molecule has 2 aromatic rings. The molecule has 2 aliphatic heterocycles. The topological polar surface area (TPSA) is 66.0 Å². The summed E-state index contributed by atoms with van der Waals surface area (Å²) in [5.41, 5.74) is 0.509. The third kappa shape index (κ3) is 3.52. The summed E-state index contributed by atoms with van der Waals surface area (Å²) >= 11 is 0. The number of hydrogen-bond acceptors (Lipinski definition) is 5. The van der Waals surface area contributed by atoms with Crippen molar-refractivity contribution in [1.29, 1.82) is 0 Å². The van der Waals surface area contributed by atoms with Gasteiger partial charge in [0.15, 0.2) is 11.5 Å². The number of hydrogen-bond donors (Lipinski definition) is 1. The number of fused-ring (bicyclic) bond motifs is 2. The number of amides is 1. The van der Waals surface area contributed by atoms with Crippen molar-refractivity contribution in [2.24, 2.45) is 0 Å². The van der Waals surface area contributed by atoms with Crippen molar-refractivity contribution >= 4 is 5.91 Å². The first-order valence-electron chi connectivity index (χ1n) is 9.01. The predicted octanol–water partition coefficient (Wildman–Crippen LogP) is 3.25. The second kappa shape index (κ2) is 6.68. The van der Waals surface area contributed by atoms with E-state index < -0.39 is 11.7 Å². The molecule has 142 valence electrons. The monoisotopic (exact) mass is 369 g/mol. The van der Waals surface area contributed by atoms with Gasteiger partial charge in [0.25, 0.3) is 5.91 Å². The summed E-state index contributed by atoms with van der Waals surface area (Å²) in [4.78, 5) is 12.9. The zero-order chi connectivity index (χ0) is 19.0. The molecule has 0 saturated carbocycles. The molecule has 0 unspecified atom stereocenters. The molecule has 0 aliphatic carbocycles. The van der Waals surface area contributed by atoms with Gasteiger partial charge in [-0.05, 0) is 44.2 Å². The van der Waals surface area contributed by atoms with E-state index >= 15 is 0 Å². The maximum Gasteiger partial charge on any atom is 0.265 e. The summed E-state index contributed by atoms with van der Waals surface area (Å²) in [7, 11) is 1.62. The number of carbonyl (C=O) groups is 1. The fraction of sp³-hybridized carbons (Fsp3) is 0.381. The van der Waals surface area contributed by atoms with E-state index in [1.807, 2.05) is 50.2 Å². The van der Waals surface area contributed by atoms with Gasteiger partial charge in [0.2, 0.25) is 6.10 Å². The summed E-state index contributed by atoms with van der Waals surface area (Å²) in [6.07, 6.45) is -0.0526. The Labute approximate surface area is 158 Å². The summed E-state index contributed by atoms with van der Waals surface area (Å²) in [6.45, 7) is 4.20. The zero-order valence-corrected chi connectivity index (χ0v) is 15.7. The highest BCUT2D eigenvalue weighted by Crippen LogP contribution is 2.41. The van der Waals surface area contributed by atoms with Crippen molar-refractivity contribution < 1.29 is 23.7 Å². The highest BCUT2D eigenvalue weighted by molar-refractivity contribution is 5.82. The van der Waals surface area contributed by atoms with Gasteiger partial charge in [0, 0.05) is 12.0 Å². The van der Waals surface area contributed by atoms with Gasteiger partial charge in [-0.3, -0.25) is 4.79 Å². The maximum atomic E-state index is 12.9. The van der Waals surface area contributed by atoms with Crippen molar-refractivity contribution in [2.75, 3.05) is 13.7 Å². The molecule has 0 saturated heterocycles. The molecule has 0 spiro atoms. The lowest BCUT2D eigenvalue weighted by Gasteiger charge is -2.38. The third-order valence-electron chi connectivity index (χ3n) is 4.79. The van der Waals surface area contributed by atoms with Crippen molar-refractivity contribution in [2.45, 2.75) is 38.0 Å². The van der Waals surface area contributed by atoms with Gasteiger partial charge in [-0.25, -0.2) is 0 Å². The molecule has 0 bridgehead atoms. The van der Waals surface area contributed by atoms with E-state index in [9.17, 15) is 4.79 Å². The van der Waals surface area contributed by atoms with E-state index in [4.69, 9.17) is 18.9 Å². The molecular formula is C21H23NO5. The maximum absolute atomic E-state index is 12.9. The van der Waals surface area contributed by atoms with Crippen molar-refractivity contribution in [3.63, 3.8) is 0 Å².